The smallest absolute Gasteiger partial charge is 0.141 e. The third kappa shape index (κ3) is 4.21. The molecule has 106 valence electrons. The van der Waals surface area contributed by atoms with E-state index >= 15 is 0 Å². The standard InChI is InChI=1S/C15H19N3OS/c1-11-5-4-6-13(7-11)20-10-15-17-12(9-19-3)8-14(16-2)18-15/h4-8H,9-10H2,1-3H3,(H,16,17,18). The van der Waals surface area contributed by atoms with Crippen LogP contribution in [0.15, 0.2) is 35.2 Å². The summed E-state index contributed by atoms with van der Waals surface area (Å²) in [5, 5.41) is 3.06. The molecule has 0 spiro atoms. The number of hydrogen-bond donors (Lipinski definition) is 1. The number of rotatable bonds is 6. The number of methoxy groups -OCH3 is 1. The quantitative estimate of drug-likeness (QED) is 0.827. The van der Waals surface area contributed by atoms with E-state index in [1.165, 1.54) is 10.5 Å². The molecule has 1 heterocycles. The fourth-order valence-corrected chi connectivity index (χ4v) is 2.69. The third-order valence-electron chi connectivity index (χ3n) is 2.73. The van der Waals surface area contributed by atoms with Gasteiger partial charge in [-0.1, -0.05) is 17.7 Å². The minimum Gasteiger partial charge on any atom is -0.378 e. The van der Waals surface area contributed by atoms with Gasteiger partial charge in [-0.05, 0) is 19.1 Å². The Hall–Kier alpha value is -1.59. The summed E-state index contributed by atoms with van der Waals surface area (Å²) in [6.45, 7) is 2.60. The van der Waals surface area contributed by atoms with E-state index in [9.17, 15) is 0 Å². The van der Waals surface area contributed by atoms with Gasteiger partial charge in [0.2, 0.25) is 0 Å². The van der Waals surface area contributed by atoms with Gasteiger partial charge >= 0.3 is 0 Å². The van der Waals surface area contributed by atoms with Crippen LogP contribution < -0.4 is 5.32 Å². The van der Waals surface area contributed by atoms with Gasteiger partial charge in [0.05, 0.1) is 18.1 Å². The Morgan fingerprint density at radius 2 is 2.10 bits per heavy atom. The molecular weight excluding hydrogens is 270 g/mol. The number of anilines is 1. The first-order valence-corrected chi connectivity index (χ1v) is 7.43. The fraction of sp³-hybridized carbons (Fsp3) is 0.333. The Kier molecular flexibility index (Phi) is 5.38. The molecule has 0 aliphatic rings. The van der Waals surface area contributed by atoms with Crippen molar-refractivity contribution in [2.24, 2.45) is 0 Å². The summed E-state index contributed by atoms with van der Waals surface area (Å²) in [6.07, 6.45) is 0. The number of aromatic nitrogens is 2. The molecule has 0 fully saturated rings. The lowest BCUT2D eigenvalue weighted by Gasteiger charge is -2.07. The molecule has 1 N–H and O–H groups in total. The molecule has 5 heteroatoms. The lowest BCUT2D eigenvalue weighted by atomic mass is 10.2. The number of thioether (sulfide) groups is 1. The van der Waals surface area contributed by atoms with E-state index in [1.54, 1.807) is 18.9 Å². The minimum atomic E-state index is 0.499. The average Bonchev–Trinajstić information content (AvgIpc) is 2.45. The van der Waals surface area contributed by atoms with Gasteiger partial charge in [-0.25, -0.2) is 9.97 Å². The summed E-state index contributed by atoms with van der Waals surface area (Å²) >= 11 is 1.74. The Labute approximate surface area is 124 Å². The first kappa shape index (κ1) is 14.8. The highest BCUT2D eigenvalue weighted by molar-refractivity contribution is 7.98. The average molecular weight is 289 g/mol. The second-order valence-electron chi connectivity index (χ2n) is 4.45. The van der Waals surface area contributed by atoms with Crippen LogP contribution in [0.5, 0.6) is 0 Å². The molecule has 20 heavy (non-hydrogen) atoms. The molecule has 0 aliphatic heterocycles. The third-order valence-corrected chi connectivity index (χ3v) is 3.72. The lowest BCUT2D eigenvalue weighted by molar-refractivity contribution is 0.181. The van der Waals surface area contributed by atoms with Crippen LogP contribution in [-0.4, -0.2) is 24.1 Å². The molecule has 0 atom stereocenters. The zero-order valence-electron chi connectivity index (χ0n) is 12.0. The van der Waals surface area contributed by atoms with Crippen molar-refractivity contribution in [3.05, 3.63) is 47.4 Å². The van der Waals surface area contributed by atoms with Crippen molar-refractivity contribution < 1.29 is 4.74 Å². The molecule has 0 saturated carbocycles. The Balaban J connectivity index is 2.10. The molecule has 0 bridgehead atoms. The van der Waals surface area contributed by atoms with Crippen molar-refractivity contribution in [2.45, 2.75) is 24.2 Å². The Bertz CT molecular complexity index is 575. The second-order valence-corrected chi connectivity index (χ2v) is 5.50. The zero-order chi connectivity index (χ0) is 14.4. The summed E-state index contributed by atoms with van der Waals surface area (Å²) in [7, 11) is 3.53. The van der Waals surface area contributed by atoms with Crippen molar-refractivity contribution in [3.63, 3.8) is 0 Å². The van der Waals surface area contributed by atoms with E-state index in [-0.39, 0.29) is 0 Å². The fourth-order valence-electron chi connectivity index (χ4n) is 1.82. The van der Waals surface area contributed by atoms with Crippen LogP contribution in [-0.2, 0) is 17.1 Å². The van der Waals surface area contributed by atoms with E-state index < -0.39 is 0 Å². The van der Waals surface area contributed by atoms with Gasteiger partial charge in [0.15, 0.2) is 0 Å². The first-order valence-electron chi connectivity index (χ1n) is 6.44. The summed E-state index contributed by atoms with van der Waals surface area (Å²) < 4.78 is 5.14. The van der Waals surface area contributed by atoms with Crippen molar-refractivity contribution in [1.29, 1.82) is 0 Å². The highest BCUT2D eigenvalue weighted by atomic mass is 32.2. The van der Waals surface area contributed by atoms with Crippen LogP contribution in [0, 0.1) is 6.92 Å². The summed E-state index contributed by atoms with van der Waals surface area (Å²) in [5.41, 5.74) is 2.16. The van der Waals surface area contributed by atoms with E-state index in [2.05, 4.69) is 46.5 Å². The lowest BCUT2D eigenvalue weighted by Crippen LogP contribution is -2.03. The number of nitrogens with zero attached hydrogens (tertiary/aromatic N) is 2. The highest BCUT2D eigenvalue weighted by Gasteiger charge is 2.05. The van der Waals surface area contributed by atoms with Gasteiger partial charge in [0.25, 0.3) is 0 Å². The van der Waals surface area contributed by atoms with Crippen molar-refractivity contribution in [2.75, 3.05) is 19.5 Å². The minimum absolute atomic E-state index is 0.499. The maximum atomic E-state index is 5.14. The number of benzene rings is 1. The highest BCUT2D eigenvalue weighted by Crippen LogP contribution is 2.22. The Morgan fingerprint density at radius 3 is 2.80 bits per heavy atom. The maximum absolute atomic E-state index is 5.14. The predicted molar refractivity (Wildman–Crippen MR) is 83.0 cm³/mol. The van der Waals surface area contributed by atoms with Gasteiger partial charge in [-0.3, -0.25) is 0 Å². The topological polar surface area (TPSA) is 47.0 Å². The molecule has 0 unspecified atom stereocenters. The number of nitrogens with one attached hydrogen (secondary N) is 1. The van der Waals surface area contributed by atoms with Crippen molar-refractivity contribution >= 4 is 17.6 Å². The summed E-state index contributed by atoms with van der Waals surface area (Å²) in [4.78, 5) is 10.2. The van der Waals surface area contributed by atoms with Crippen LogP contribution in [0.3, 0.4) is 0 Å². The number of ether oxygens (including phenoxy) is 1. The van der Waals surface area contributed by atoms with Gasteiger partial charge in [-0.15, -0.1) is 11.8 Å². The van der Waals surface area contributed by atoms with Gasteiger partial charge < -0.3 is 10.1 Å². The van der Waals surface area contributed by atoms with Gasteiger partial charge in [-0.2, -0.15) is 0 Å². The van der Waals surface area contributed by atoms with E-state index in [0.29, 0.717) is 6.61 Å². The molecule has 2 rings (SSSR count). The molecule has 0 amide bonds. The number of hydrogen-bond acceptors (Lipinski definition) is 5. The number of aryl methyl sites for hydroxylation is 1. The van der Waals surface area contributed by atoms with Gasteiger partial charge in [0.1, 0.15) is 11.6 Å². The molecule has 4 nitrogen and oxygen atoms in total. The molecule has 0 saturated heterocycles. The summed E-state index contributed by atoms with van der Waals surface area (Å²) in [6, 6.07) is 10.3. The van der Waals surface area contributed by atoms with Crippen LogP contribution >= 0.6 is 11.8 Å². The molecule has 0 aliphatic carbocycles. The maximum Gasteiger partial charge on any atom is 0.141 e. The SMILES string of the molecule is CNc1cc(COC)nc(CSc2cccc(C)c2)n1. The zero-order valence-corrected chi connectivity index (χ0v) is 12.8. The first-order chi connectivity index (χ1) is 9.71. The van der Waals surface area contributed by atoms with Crippen LogP contribution in [0.4, 0.5) is 5.82 Å². The Morgan fingerprint density at radius 1 is 1.25 bits per heavy atom. The van der Waals surface area contributed by atoms with Crippen LogP contribution in [0.25, 0.3) is 0 Å². The molecular formula is C15H19N3OS. The monoisotopic (exact) mass is 289 g/mol. The van der Waals surface area contributed by atoms with Crippen LogP contribution in [0.1, 0.15) is 17.1 Å². The van der Waals surface area contributed by atoms with Crippen molar-refractivity contribution in [3.8, 4) is 0 Å². The summed E-state index contributed by atoms with van der Waals surface area (Å²) in [5.74, 6) is 2.39. The predicted octanol–water partition coefficient (Wildman–Crippen LogP) is 3.27. The molecule has 1 aromatic heterocycles. The van der Waals surface area contributed by atoms with E-state index in [1.807, 2.05) is 13.1 Å². The molecule has 0 radical (unpaired) electrons. The molecule has 2 aromatic rings. The van der Waals surface area contributed by atoms with E-state index in [4.69, 9.17) is 4.74 Å². The second kappa shape index (κ2) is 7.26. The van der Waals surface area contributed by atoms with E-state index in [0.717, 1.165) is 23.1 Å². The van der Waals surface area contributed by atoms with Gasteiger partial charge in [0, 0.05) is 25.1 Å². The van der Waals surface area contributed by atoms with Crippen molar-refractivity contribution in [1.82, 2.24) is 9.97 Å². The van der Waals surface area contributed by atoms with Crippen LogP contribution in [0.2, 0.25) is 0 Å². The normalized spacial score (nSPS) is 10.6. The molecule has 1 aromatic carbocycles. The largest absolute Gasteiger partial charge is 0.378 e.